The summed E-state index contributed by atoms with van der Waals surface area (Å²) < 4.78 is 50.9. The third-order valence-corrected chi connectivity index (χ3v) is 7.01. The Labute approximate surface area is 172 Å². The largest absolute Gasteiger partial charge is 0.361 e. The van der Waals surface area contributed by atoms with E-state index < -0.39 is 33.4 Å². The lowest BCUT2D eigenvalue weighted by molar-refractivity contribution is -0.121. The van der Waals surface area contributed by atoms with Crippen molar-refractivity contribution in [1.29, 1.82) is 0 Å². The van der Waals surface area contributed by atoms with Gasteiger partial charge in [-0.05, 0) is 30.2 Å². The van der Waals surface area contributed by atoms with Crippen LogP contribution in [0.25, 0.3) is 10.9 Å². The van der Waals surface area contributed by atoms with Crippen molar-refractivity contribution in [3.05, 3.63) is 65.9 Å². The highest BCUT2D eigenvalue weighted by atomic mass is 32.2. The number of fused-ring (bicyclic) bond motifs is 1. The summed E-state index contributed by atoms with van der Waals surface area (Å²) in [5.41, 5.74) is 1.71. The van der Waals surface area contributed by atoms with Gasteiger partial charge in [0.1, 0.15) is 11.6 Å². The number of rotatable bonds is 5. The quantitative estimate of drug-likeness (QED) is 0.648. The maximum absolute atomic E-state index is 14.1. The zero-order valence-corrected chi connectivity index (χ0v) is 16.9. The van der Waals surface area contributed by atoms with Gasteiger partial charge in [0.2, 0.25) is 5.91 Å². The number of H-pyrrole nitrogens is 1. The number of anilines is 1. The summed E-state index contributed by atoms with van der Waals surface area (Å²) in [6.45, 7) is 0.434. The third kappa shape index (κ3) is 4.36. The molecule has 1 atom stereocenters. The van der Waals surface area contributed by atoms with Crippen LogP contribution in [0.3, 0.4) is 0 Å². The summed E-state index contributed by atoms with van der Waals surface area (Å²) in [7, 11) is -3.12. The molecule has 30 heavy (non-hydrogen) atoms. The minimum absolute atomic E-state index is 0.0322. The normalized spacial score (nSPS) is 17.7. The summed E-state index contributed by atoms with van der Waals surface area (Å²) >= 11 is 0. The maximum atomic E-state index is 14.1. The van der Waals surface area contributed by atoms with E-state index in [-0.39, 0.29) is 30.3 Å². The molecule has 2 heterocycles. The van der Waals surface area contributed by atoms with Crippen LogP contribution in [0.4, 0.5) is 14.5 Å². The molecule has 0 radical (unpaired) electrons. The highest BCUT2D eigenvalue weighted by Gasteiger charge is 2.32. The topological polar surface area (TPSA) is 82.3 Å². The summed E-state index contributed by atoms with van der Waals surface area (Å²) in [6.07, 6.45) is 2.14. The molecule has 158 valence electrons. The lowest BCUT2D eigenvalue weighted by Gasteiger charge is -2.33. The zero-order valence-electron chi connectivity index (χ0n) is 16.1. The van der Waals surface area contributed by atoms with E-state index in [9.17, 15) is 22.0 Å². The fourth-order valence-electron chi connectivity index (χ4n) is 3.74. The average Bonchev–Trinajstić information content (AvgIpc) is 3.11. The molecule has 0 spiro atoms. The molecule has 0 bridgehead atoms. The first-order chi connectivity index (χ1) is 14.3. The molecule has 9 heteroatoms. The Kier molecular flexibility index (Phi) is 5.57. The molecule has 1 amide bonds. The maximum Gasteiger partial charge on any atom is 0.242 e. The Bertz CT molecular complexity index is 1180. The second kappa shape index (κ2) is 8.16. The van der Waals surface area contributed by atoms with Crippen molar-refractivity contribution in [1.82, 2.24) is 9.88 Å². The second-order valence-corrected chi connectivity index (χ2v) is 9.68. The number of para-hydroxylation sites is 1. The van der Waals surface area contributed by atoms with Gasteiger partial charge in [-0.1, -0.05) is 18.2 Å². The number of halogens is 2. The Balaban J connectivity index is 1.61. The van der Waals surface area contributed by atoms with E-state index in [1.807, 2.05) is 30.5 Å². The minimum Gasteiger partial charge on any atom is -0.361 e. The molecule has 6 nitrogen and oxygen atoms in total. The summed E-state index contributed by atoms with van der Waals surface area (Å²) in [6, 6.07) is 9.91. The first-order valence-corrected chi connectivity index (χ1v) is 11.4. The molecule has 1 unspecified atom stereocenters. The molecule has 4 rings (SSSR count). The molecule has 0 saturated carbocycles. The van der Waals surface area contributed by atoms with Crippen molar-refractivity contribution in [3.8, 4) is 0 Å². The highest BCUT2D eigenvalue weighted by Crippen LogP contribution is 2.23. The van der Waals surface area contributed by atoms with Crippen molar-refractivity contribution >= 4 is 32.3 Å². The minimum atomic E-state index is -3.12. The predicted octanol–water partition coefficient (Wildman–Crippen LogP) is 2.73. The SMILES string of the molecule is O=C(Nc1ccc(F)cc1F)C(Cc1c[nH]c2ccccc12)N1CCS(=O)(=O)CC1. The Hall–Kier alpha value is -2.78. The number of nitrogens with zero attached hydrogens (tertiary/aromatic N) is 1. The average molecular weight is 433 g/mol. The van der Waals surface area contributed by atoms with Crippen LogP contribution in [-0.4, -0.2) is 54.8 Å². The van der Waals surface area contributed by atoms with Gasteiger partial charge >= 0.3 is 0 Å². The van der Waals surface area contributed by atoms with Crippen molar-refractivity contribution in [2.75, 3.05) is 29.9 Å². The fraction of sp³-hybridized carbons (Fsp3) is 0.286. The number of carbonyl (C=O) groups is 1. The molecule has 1 aliphatic heterocycles. The van der Waals surface area contributed by atoms with E-state index in [2.05, 4.69) is 10.3 Å². The van der Waals surface area contributed by atoms with E-state index in [1.165, 1.54) is 6.07 Å². The van der Waals surface area contributed by atoms with Crippen LogP contribution in [0.1, 0.15) is 5.56 Å². The molecular weight excluding hydrogens is 412 g/mol. The van der Waals surface area contributed by atoms with Crippen LogP contribution in [0.5, 0.6) is 0 Å². The standard InChI is InChI=1S/C21H21F2N3O3S/c22-15-5-6-19(17(23)12-15)25-21(27)20(26-7-9-30(28,29)10-8-26)11-14-13-24-18-4-2-1-3-16(14)18/h1-6,12-13,20,24H,7-11H2,(H,25,27). The number of sulfone groups is 1. The number of hydrogen-bond acceptors (Lipinski definition) is 4. The molecule has 1 aliphatic rings. The number of amides is 1. The van der Waals surface area contributed by atoms with Crippen LogP contribution in [-0.2, 0) is 21.1 Å². The molecule has 1 saturated heterocycles. The molecule has 1 aromatic heterocycles. The lowest BCUT2D eigenvalue weighted by atomic mass is 10.0. The van der Waals surface area contributed by atoms with Gasteiger partial charge in [-0.3, -0.25) is 9.69 Å². The summed E-state index contributed by atoms with van der Waals surface area (Å²) in [4.78, 5) is 18.1. The van der Waals surface area contributed by atoms with Crippen molar-refractivity contribution in [3.63, 3.8) is 0 Å². The van der Waals surface area contributed by atoms with Gasteiger partial charge in [0.05, 0.1) is 23.2 Å². The van der Waals surface area contributed by atoms with Crippen molar-refractivity contribution < 1.29 is 22.0 Å². The molecule has 1 fully saturated rings. The smallest absolute Gasteiger partial charge is 0.242 e. The zero-order chi connectivity index (χ0) is 21.3. The second-order valence-electron chi connectivity index (χ2n) is 7.38. The van der Waals surface area contributed by atoms with Crippen LogP contribution >= 0.6 is 0 Å². The summed E-state index contributed by atoms with van der Waals surface area (Å²) in [5, 5.41) is 3.50. The van der Waals surface area contributed by atoms with Gasteiger partial charge in [-0.2, -0.15) is 0 Å². The Morgan fingerprint density at radius 3 is 2.60 bits per heavy atom. The van der Waals surface area contributed by atoms with E-state index in [0.717, 1.165) is 22.5 Å². The van der Waals surface area contributed by atoms with E-state index in [1.54, 1.807) is 4.90 Å². The van der Waals surface area contributed by atoms with Gasteiger partial charge in [0.15, 0.2) is 9.84 Å². The number of hydrogen-bond donors (Lipinski definition) is 2. The van der Waals surface area contributed by atoms with E-state index in [4.69, 9.17) is 0 Å². The van der Waals surface area contributed by atoms with Gasteiger partial charge in [-0.15, -0.1) is 0 Å². The fourth-order valence-corrected chi connectivity index (χ4v) is 4.97. The lowest BCUT2D eigenvalue weighted by Crippen LogP contribution is -2.51. The molecule has 2 aromatic carbocycles. The Morgan fingerprint density at radius 1 is 1.13 bits per heavy atom. The van der Waals surface area contributed by atoms with Gasteiger partial charge in [0.25, 0.3) is 0 Å². The monoisotopic (exact) mass is 433 g/mol. The van der Waals surface area contributed by atoms with Gasteiger partial charge < -0.3 is 10.3 Å². The summed E-state index contributed by atoms with van der Waals surface area (Å²) in [5.74, 6) is -2.13. The van der Waals surface area contributed by atoms with E-state index >= 15 is 0 Å². The van der Waals surface area contributed by atoms with Crippen molar-refractivity contribution in [2.24, 2.45) is 0 Å². The van der Waals surface area contributed by atoms with Crippen LogP contribution < -0.4 is 5.32 Å². The van der Waals surface area contributed by atoms with Crippen LogP contribution in [0.2, 0.25) is 0 Å². The first-order valence-electron chi connectivity index (χ1n) is 9.58. The van der Waals surface area contributed by atoms with Gasteiger partial charge in [-0.25, -0.2) is 17.2 Å². The number of nitrogens with one attached hydrogen (secondary N) is 2. The van der Waals surface area contributed by atoms with Crippen molar-refractivity contribution in [2.45, 2.75) is 12.5 Å². The number of aromatic amines is 1. The van der Waals surface area contributed by atoms with Gasteiger partial charge in [0, 0.05) is 36.3 Å². The van der Waals surface area contributed by atoms with E-state index in [0.29, 0.717) is 12.5 Å². The first kappa shape index (κ1) is 20.5. The Morgan fingerprint density at radius 2 is 1.87 bits per heavy atom. The predicted molar refractivity (Wildman–Crippen MR) is 111 cm³/mol. The van der Waals surface area contributed by atoms with Crippen LogP contribution in [0.15, 0.2) is 48.7 Å². The third-order valence-electron chi connectivity index (χ3n) is 5.40. The van der Waals surface area contributed by atoms with Crippen LogP contribution in [0, 0.1) is 11.6 Å². The number of aromatic nitrogens is 1. The highest BCUT2D eigenvalue weighted by molar-refractivity contribution is 7.91. The molecular formula is C21H21F2N3O3S. The molecule has 0 aliphatic carbocycles. The number of carbonyl (C=O) groups excluding carboxylic acids is 1. The number of benzene rings is 2. The molecule has 2 N–H and O–H groups in total. The molecule has 3 aromatic rings.